The molecule has 2 aromatic rings. The summed E-state index contributed by atoms with van der Waals surface area (Å²) in [6.45, 7) is 1.55. The molecule has 1 aliphatic carbocycles. The van der Waals surface area contributed by atoms with E-state index in [1.165, 1.54) is 12.8 Å². The van der Waals surface area contributed by atoms with Gasteiger partial charge in [0.1, 0.15) is 5.69 Å². The summed E-state index contributed by atoms with van der Waals surface area (Å²) in [6.07, 6.45) is 2.35. The highest BCUT2D eigenvalue weighted by Crippen LogP contribution is 2.38. The molecule has 0 bridgehead atoms. The molecule has 0 atom stereocenters. The van der Waals surface area contributed by atoms with Gasteiger partial charge in [0, 0.05) is 12.8 Å². The lowest BCUT2D eigenvalue weighted by Crippen LogP contribution is -2.03. The zero-order valence-electron chi connectivity index (χ0n) is 8.47. The molecule has 1 saturated carbocycles. The second-order valence-corrected chi connectivity index (χ2v) is 3.98. The van der Waals surface area contributed by atoms with Gasteiger partial charge in [-0.3, -0.25) is 4.79 Å². The van der Waals surface area contributed by atoms with Crippen LogP contribution in [0.3, 0.4) is 0 Å². The van der Waals surface area contributed by atoms with Gasteiger partial charge < -0.3 is 0 Å². The molecule has 0 amide bonds. The number of nitrogens with zero attached hydrogens (tertiary/aromatic N) is 3. The third-order valence-electron chi connectivity index (χ3n) is 2.68. The van der Waals surface area contributed by atoms with Gasteiger partial charge in [-0.15, -0.1) is 0 Å². The van der Waals surface area contributed by atoms with Crippen LogP contribution in [0, 0.1) is 0 Å². The van der Waals surface area contributed by atoms with E-state index >= 15 is 0 Å². The first-order chi connectivity index (χ1) is 7.25. The van der Waals surface area contributed by atoms with Crippen molar-refractivity contribution in [2.45, 2.75) is 25.7 Å². The Kier molecular flexibility index (Phi) is 1.65. The summed E-state index contributed by atoms with van der Waals surface area (Å²) in [7, 11) is 0. The van der Waals surface area contributed by atoms with Gasteiger partial charge in [-0.2, -0.15) is 5.10 Å². The number of rotatable bonds is 2. The van der Waals surface area contributed by atoms with Crippen molar-refractivity contribution in [3.8, 4) is 0 Å². The average molecular weight is 201 g/mol. The SMILES string of the molecule is CC(=O)c1cccc2nc(C3CC3)nn12. The van der Waals surface area contributed by atoms with Gasteiger partial charge >= 0.3 is 0 Å². The van der Waals surface area contributed by atoms with E-state index < -0.39 is 0 Å². The standard InChI is InChI=1S/C11H11N3O/c1-7(15)9-3-2-4-10-12-11(8-5-6-8)13-14(9)10/h2-4,8H,5-6H2,1H3. The van der Waals surface area contributed by atoms with Crippen molar-refractivity contribution in [3.63, 3.8) is 0 Å². The van der Waals surface area contributed by atoms with Crippen LogP contribution in [-0.2, 0) is 0 Å². The fourth-order valence-electron chi connectivity index (χ4n) is 1.70. The Morgan fingerprint density at radius 3 is 2.93 bits per heavy atom. The van der Waals surface area contributed by atoms with Crippen LogP contribution < -0.4 is 0 Å². The summed E-state index contributed by atoms with van der Waals surface area (Å²) in [6, 6.07) is 5.50. The summed E-state index contributed by atoms with van der Waals surface area (Å²) in [5, 5.41) is 4.38. The Balaban J connectivity index is 2.23. The largest absolute Gasteiger partial charge is 0.293 e. The maximum absolute atomic E-state index is 11.4. The molecule has 0 unspecified atom stereocenters. The van der Waals surface area contributed by atoms with E-state index in [-0.39, 0.29) is 5.78 Å². The Labute approximate surface area is 86.9 Å². The minimum Gasteiger partial charge on any atom is -0.293 e. The van der Waals surface area contributed by atoms with Crippen LogP contribution >= 0.6 is 0 Å². The van der Waals surface area contributed by atoms with Crippen molar-refractivity contribution >= 4 is 11.4 Å². The molecule has 3 rings (SSSR count). The Morgan fingerprint density at radius 2 is 2.27 bits per heavy atom. The molecule has 0 aliphatic heterocycles. The lowest BCUT2D eigenvalue weighted by atomic mass is 10.3. The van der Waals surface area contributed by atoms with Crippen molar-refractivity contribution in [2.24, 2.45) is 0 Å². The molecular formula is C11H11N3O. The lowest BCUT2D eigenvalue weighted by molar-refractivity contribution is 0.101. The average Bonchev–Trinajstić information content (AvgIpc) is 2.96. The Hall–Kier alpha value is -1.71. The van der Waals surface area contributed by atoms with Crippen LogP contribution in [0.2, 0.25) is 0 Å². The fourth-order valence-corrected chi connectivity index (χ4v) is 1.70. The summed E-state index contributed by atoms with van der Waals surface area (Å²) in [5.41, 5.74) is 1.37. The van der Waals surface area contributed by atoms with Gasteiger partial charge in [-0.05, 0) is 25.0 Å². The number of pyridine rings is 1. The molecule has 0 N–H and O–H groups in total. The maximum Gasteiger partial charge on any atom is 0.178 e. The van der Waals surface area contributed by atoms with Gasteiger partial charge in [-0.25, -0.2) is 9.50 Å². The highest BCUT2D eigenvalue weighted by Gasteiger charge is 2.28. The van der Waals surface area contributed by atoms with Crippen molar-refractivity contribution in [3.05, 3.63) is 29.7 Å². The third-order valence-corrected chi connectivity index (χ3v) is 2.68. The summed E-state index contributed by atoms with van der Waals surface area (Å²) >= 11 is 0. The molecule has 2 aromatic heterocycles. The van der Waals surface area contributed by atoms with Gasteiger partial charge in [0.25, 0.3) is 0 Å². The molecule has 15 heavy (non-hydrogen) atoms. The first kappa shape index (κ1) is 8.59. The molecule has 2 heterocycles. The molecule has 0 saturated heterocycles. The molecule has 4 nitrogen and oxygen atoms in total. The fraction of sp³-hybridized carbons (Fsp3) is 0.364. The molecule has 4 heteroatoms. The zero-order chi connectivity index (χ0) is 10.4. The Morgan fingerprint density at radius 1 is 1.47 bits per heavy atom. The smallest absolute Gasteiger partial charge is 0.178 e. The normalized spacial score (nSPS) is 15.8. The van der Waals surface area contributed by atoms with Crippen molar-refractivity contribution in [1.29, 1.82) is 0 Å². The number of hydrogen-bond donors (Lipinski definition) is 0. The predicted molar refractivity (Wildman–Crippen MR) is 55.0 cm³/mol. The zero-order valence-corrected chi connectivity index (χ0v) is 8.47. The van der Waals surface area contributed by atoms with Crippen LogP contribution in [0.4, 0.5) is 0 Å². The van der Waals surface area contributed by atoms with Gasteiger partial charge in [0.15, 0.2) is 17.3 Å². The molecule has 1 aliphatic rings. The van der Waals surface area contributed by atoms with Gasteiger partial charge in [0.2, 0.25) is 0 Å². The highest BCUT2D eigenvalue weighted by atomic mass is 16.1. The number of carbonyl (C=O) groups is 1. The van der Waals surface area contributed by atoms with E-state index in [1.54, 1.807) is 17.5 Å². The maximum atomic E-state index is 11.4. The van der Waals surface area contributed by atoms with E-state index in [0.29, 0.717) is 11.6 Å². The van der Waals surface area contributed by atoms with Gasteiger partial charge in [0.05, 0.1) is 0 Å². The highest BCUT2D eigenvalue weighted by molar-refractivity contribution is 5.92. The number of Topliss-reactive ketones (excluding diaryl/α,β-unsaturated/α-hetero) is 1. The van der Waals surface area contributed by atoms with Crippen LogP contribution in [0.25, 0.3) is 5.65 Å². The second kappa shape index (κ2) is 2.89. The quantitative estimate of drug-likeness (QED) is 0.696. The molecular weight excluding hydrogens is 190 g/mol. The number of carbonyl (C=O) groups excluding carboxylic acids is 1. The van der Waals surface area contributed by atoms with E-state index in [4.69, 9.17) is 0 Å². The van der Waals surface area contributed by atoms with Crippen LogP contribution in [-0.4, -0.2) is 20.4 Å². The van der Waals surface area contributed by atoms with E-state index in [0.717, 1.165) is 11.5 Å². The second-order valence-electron chi connectivity index (χ2n) is 3.98. The van der Waals surface area contributed by atoms with E-state index in [2.05, 4.69) is 10.1 Å². The first-order valence-electron chi connectivity index (χ1n) is 5.12. The van der Waals surface area contributed by atoms with Gasteiger partial charge in [-0.1, -0.05) is 6.07 Å². The number of ketones is 1. The van der Waals surface area contributed by atoms with E-state index in [9.17, 15) is 4.79 Å². The molecule has 0 spiro atoms. The number of hydrogen-bond acceptors (Lipinski definition) is 3. The molecule has 76 valence electrons. The van der Waals surface area contributed by atoms with Crippen LogP contribution in [0.15, 0.2) is 18.2 Å². The topological polar surface area (TPSA) is 47.3 Å². The molecule has 0 aromatic carbocycles. The summed E-state index contributed by atoms with van der Waals surface area (Å²) < 4.78 is 1.65. The van der Waals surface area contributed by atoms with Crippen molar-refractivity contribution < 1.29 is 4.79 Å². The molecule has 1 fully saturated rings. The summed E-state index contributed by atoms with van der Waals surface area (Å²) in [5.74, 6) is 1.42. The van der Waals surface area contributed by atoms with Crippen molar-refractivity contribution in [2.75, 3.05) is 0 Å². The third kappa shape index (κ3) is 1.33. The van der Waals surface area contributed by atoms with Crippen LogP contribution in [0.1, 0.15) is 42.0 Å². The first-order valence-corrected chi connectivity index (χ1v) is 5.12. The Bertz CT molecular complexity index is 540. The lowest BCUT2D eigenvalue weighted by Gasteiger charge is -1.97. The van der Waals surface area contributed by atoms with E-state index in [1.807, 2.05) is 12.1 Å². The summed E-state index contributed by atoms with van der Waals surface area (Å²) in [4.78, 5) is 15.8. The molecule has 0 radical (unpaired) electrons. The van der Waals surface area contributed by atoms with Crippen LogP contribution in [0.5, 0.6) is 0 Å². The minimum absolute atomic E-state index is 0.0212. The number of aromatic nitrogens is 3. The monoisotopic (exact) mass is 201 g/mol. The predicted octanol–water partition coefficient (Wildman–Crippen LogP) is 1.81. The number of fused-ring (bicyclic) bond motifs is 1. The van der Waals surface area contributed by atoms with Crippen molar-refractivity contribution in [1.82, 2.24) is 14.6 Å². The minimum atomic E-state index is 0.0212.